The first-order valence-corrected chi connectivity index (χ1v) is 8.88. The summed E-state index contributed by atoms with van der Waals surface area (Å²) in [6, 6.07) is 9.41. The maximum absolute atomic E-state index is 13.0. The van der Waals surface area contributed by atoms with Crippen molar-refractivity contribution in [2.24, 2.45) is 5.92 Å². The minimum atomic E-state index is -0.580. The molecule has 0 radical (unpaired) electrons. The van der Waals surface area contributed by atoms with E-state index in [-0.39, 0.29) is 24.3 Å². The first kappa shape index (κ1) is 17.1. The molecule has 2 heterocycles. The van der Waals surface area contributed by atoms with Crippen LogP contribution in [0.25, 0.3) is 0 Å². The third-order valence-electron chi connectivity index (χ3n) is 5.29. The van der Waals surface area contributed by atoms with E-state index in [4.69, 9.17) is 9.47 Å². The first-order valence-electron chi connectivity index (χ1n) is 8.88. The summed E-state index contributed by atoms with van der Waals surface area (Å²) < 4.78 is 23.9. The fraction of sp³-hybridized carbons (Fsp3) is 0.400. The molecular formula is C20H22FNO4. The number of aliphatic hydroxyl groups excluding tert-OH is 1. The summed E-state index contributed by atoms with van der Waals surface area (Å²) in [6.07, 6.45) is 1.10. The summed E-state index contributed by atoms with van der Waals surface area (Å²) in [5, 5.41) is 20.7. The highest BCUT2D eigenvalue weighted by Gasteiger charge is 2.28. The molecule has 0 saturated carbocycles. The third kappa shape index (κ3) is 3.34. The number of aromatic hydroxyl groups is 1. The lowest BCUT2D eigenvalue weighted by Crippen LogP contribution is -2.35. The van der Waals surface area contributed by atoms with Gasteiger partial charge in [-0.1, -0.05) is 12.1 Å². The zero-order valence-electron chi connectivity index (χ0n) is 14.4. The third-order valence-corrected chi connectivity index (χ3v) is 5.29. The van der Waals surface area contributed by atoms with Crippen molar-refractivity contribution in [3.63, 3.8) is 0 Å². The van der Waals surface area contributed by atoms with E-state index < -0.39 is 6.10 Å². The molecule has 1 fully saturated rings. The second kappa shape index (κ2) is 7.13. The van der Waals surface area contributed by atoms with Gasteiger partial charge in [0.05, 0.1) is 11.7 Å². The van der Waals surface area contributed by atoms with Crippen LogP contribution in [0.4, 0.5) is 4.39 Å². The molecule has 1 atom stereocenters. The van der Waals surface area contributed by atoms with Crippen molar-refractivity contribution in [3.8, 4) is 17.2 Å². The van der Waals surface area contributed by atoms with Crippen LogP contribution in [0.15, 0.2) is 36.4 Å². The molecule has 0 aromatic heterocycles. The highest BCUT2D eigenvalue weighted by Crippen LogP contribution is 2.41. The number of piperidine rings is 1. The van der Waals surface area contributed by atoms with Crippen molar-refractivity contribution in [1.82, 2.24) is 4.90 Å². The molecule has 26 heavy (non-hydrogen) atoms. The normalized spacial score (nSPS) is 18.8. The first-order chi connectivity index (χ1) is 12.6. The Morgan fingerprint density at radius 2 is 1.81 bits per heavy atom. The number of likely N-dealkylation sites (tertiary alicyclic amines) is 1. The van der Waals surface area contributed by atoms with Crippen molar-refractivity contribution in [2.45, 2.75) is 25.5 Å². The lowest BCUT2D eigenvalue weighted by atomic mass is 9.87. The summed E-state index contributed by atoms with van der Waals surface area (Å²) in [4.78, 5) is 2.24. The Balaban J connectivity index is 1.39. The van der Waals surface area contributed by atoms with Crippen molar-refractivity contribution in [3.05, 3.63) is 53.3 Å². The lowest BCUT2D eigenvalue weighted by molar-refractivity contribution is 0.0562. The Hall–Kier alpha value is -2.31. The predicted molar refractivity (Wildman–Crippen MR) is 93.6 cm³/mol. The molecule has 2 aliphatic heterocycles. The summed E-state index contributed by atoms with van der Waals surface area (Å²) in [5.74, 6) is 1.35. The Morgan fingerprint density at radius 1 is 1.08 bits per heavy atom. The fourth-order valence-corrected chi connectivity index (χ4v) is 3.76. The quantitative estimate of drug-likeness (QED) is 0.878. The number of aliphatic hydroxyl groups is 1. The van der Waals surface area contributed by atoms with Gasteiger partial charge in [0.25, 0.3) is 0 Å². The lowest BCUT2D eigenvalue weighted by Gasteiger charge is -2.34. The molecule has 5 nitrogen and oxygen atoms in total. The van der Waals surface area contributed by atoms with E-state index in [9.17, 15) is 14.6 Å². The summed E-state index contributed by atoms with van der Waals surface area (Å²) in [7, 11) is 0. The number of fused-ring (bicyclic) bond motifs is 1. The summed E-state index contributed by atoms with van der Waals surface area (Å²) >= 11 is 0. The molecule has 0 amide bonds. The van der Waals surface area contributed by atoms with Crippen molar-refractivity contribution in [2.75, 3.05) is 19.9 Å². The zero-order valence-corrected chi connectivity index (χ0v) is 14.4. The van der Waals surface area contributed by atoms with Gasteiger partial charge in [0.15, 0.2) is 11.5 Å². The number of halogens is 1. The number of benzene rings is 2. The largest absolute Gasteiger partial charge is 0.507 e. The number of hydrogen-bond acceptors (Lipinski definition) is 5. The Kier molecular flexibility index (Phi) is 4.70. The molecule has 1 unspecified atom stereocenters. The average Bonchev–Trinajstić information content (AvgIpc) is 3.14. The Bertz CT molecular complexity index is 772. The van der Waals surface area contributed by atoms with Gasteiger partial charge >= 0.3 is 0 Å². The average molecular weight is 359 g/mol. The maximum Gasteiger partial charge on any atom is 0.231 e. The molecule has 2 aliphatic rings. The minimum Gasteiger partial charge on any atom is -0.507 e. The Labute approximate surface area is 151 Å². The van der Waals surface area contributed by atoms with Gasteiger partial charge in [-0.2, -0.15) is 0 Å². The van der Waals surface area contributed by atoms with Crippen molar-refractivity contribution >= 4 is 0 Å². The molecular weight excluding hydrogens is 337 g/mol. The number of rotatable bonds is 4. The SMILES string of the molecule is Oc1ccc2c(c1CN1CCC(C(O)c3ccc(F)cc3)CC1)OCO2. The number of nitrogens with zero attached hydrogens (tertiary/aromatic N) is 1. The van der Waals surface area contributed by atoms with Crippen LogP contribution < -0.4 is 9.47 Å². The maximum atomic E-state index is 13.0. The van der Waals surface area contributed by atoms with E-state index in [1.165, 1.54) is 12.1 Å². The summed E-state index contributed by atoms with van der Waals surface area (Å²) in [6.45, 7) is 2.38. The van der Waals surface area contributed by atoms with E-state index in [0.29, 0.717) is 18.0 Å². The number of phenolic OH excluding ortho intramolecular Hbond substituents is 1. The smallest absolute Gasteiger partial charge is 0.231 e. The molecule has 0 spiro atoms. The van der Waals surface area contributed by atoms with Gasteiger partial charge in [-0.3, -0.25) is 4.90 Å². The molecule has 4 rings (SSSR count). The van der Waals surface area contributed by atoms with Crippen LogP contribution in [0.3, 0.4) is 0 Å². The number of phenols is 1. The molecule has 0 bridgehead atoms. The van der Waals surface area contributed by atoms with E-state index in [0.717, 1.165) is 37.1 Å². The van der Waals surface area contributed by atoms with Crippen molar-refractivity contribution < 1.29 is 24.1 Å². The van der Waals surface area contributed by atoms with Gasteiger partial charge < -0.3 is 19.7 Å². The highest BCUT2D eigenvalue weighted by molar-refractivity contribution is 5.54. The van der Waals surface area contributed by atoms with Crippen LogP contribution in [-0.2, 0) is 6.54 Å². The van der Waals surface area contributed by atoms with Crippen LogP contribution in [0.2, 0.25) is 0 Å². The van der Waals surface area contributed by atoms with Crippen LogP contribution in [-0.4, -0.2) is 35.0 Å². The number of ether oxygens (including phenoxy) is 2. The molecule has 138 valence electrons. The second-order valence-corrected chi connectivity index (χ2v) is 6.91. The standard InChI is InChI=1S/C20H22FNO4/c21-15-3-1-13(2-4-15)19(24)14-7-9-22(10-8-14)11-16-17(23)5-6-18-20(16)26-12-25-18/h1-6,14,19,23-24H,7-12H2. The fourth-order valence-electron chi connectivity index (χ4n) is 3.76. The molecule has 6 heteroatoms. The molecule has 2 aromatic carbocycles. The van der Waals surface area contributed by atoms with Crippen LogP contribution in [0, 0.1) is 11.7 Å². The van der Waals surface area contributed by atoms with Crippen LogP contribution in [0.1, 0.15) is 30.1 Å². The molecule has 1 saturated heterocycles. The van der Waals surface area contributed by atoms with E-state index in [1.807, 2.05) is 0 Å². The van der Waals surface area contributed by atoms with Gasteiger partial charge in [-0.05, 0) is 61.7 Å². The predicted octanol–water partition coefficient (Wildman–Crippen LogP) is 3.21. The van der Waals surface area contributed by atoms with Crippen LogP contribution >= 0.6 is 0 Å². The van der Waals surface area contributed by atoms with Gasteiger partial charge in [0, 0.05) is 6.54 Å². The van der Waals surface area contributed by atoms with Gasteiger partial charge in [-0.15, -0.1) is 0 Å². The second-order valence-electron chi connectivity index (χ2n) is 6.91. The van der Waals surface area contributed by atoms with Gasteiger partial charge in [-0.25, -0.2) is 4.39 Å². The molecule has 2 N–H and O–H groups in total. The van der Waals surface area contributed by atoms with E-state index in [1.54, 1.807) is 24.3 Å². The topological polar surface area (TPSA) is 62.2 Å². The van der Waals surface area contributed by atoms with Gasteiger partial charge in [0.2, 0.25) is 6.79 Å². The summed E-state index contributed by atoms with van der Waals surface area (Å²) in [5.41, 5.74) is 1.51. The Morgan fingerprint density at radius 3 is 2.54 bits per heavy atom. The van der Waals surface area contributed by atoms with Gasteiger partial charge in [0.1, 0.15) is 11.6 Å². The van der Waals surface area contributed by atoms with Crippen molar-refractivity contribution in [1.29, 1.82) is 0 Å². The minimum absolute atomic E-state index is 0.145. The monoisotopic (exact) mass is 359 g/mol. The molecule has 2 aromatic rings. The highest BCUT2D eigenvalue weighted by atomic mass is 19.1. The zero-order chi connectivity index (χ0) is 18.1. The van der Waals surface area contributed by atoms with E-state index >= 15 is 0 Å². The van der Waals surface area contributed by atoms with Crippen LogP contribution in [0.5, 0.6) is 17.2 Å². The number of hydrogen-bond donors (Lipinski definition) is 2. The molecule has 0 aliphatic carbocycles. The van der Waals surface area contributed by atoms with E-state index in [2.05, 4.69) is 4.90 Å².